The third-order valence-corrected chi connectivity index (χ3v) is 3.77. The number of hydrogen-bond donors (Lipinski definition) is 2. The molecule has 0 saturated carbocycles. The first-order valence-electron chi connectivity index (χ1n) is 5.95. The molecule has 1 aliphatic heterocycles. The summed E-state index contributed by atoms with van der Waals surface area (Å²) in [6.45, 7) is 4.40. The lowest BCUT2D eigenvalue weighted by atomic mass is 10.0. The van der Waals surface area contributed by atoms with E-state index in [1.165, 1.54) is 25.8 Å². The smallest absolute Gasteiger partial charge is 0.0246 e. The fourth-order valence-electron chi connectivity index (χ4n) is 1.89. The second-order valence-corrected chi connectivity index (χ2v) is 6.08. The number of piperidine rings is 1. The van der Waals surface area contributed by atoms with Crippen LogP contribution in [0.3, 0.4) is 0 Å². The molecule has 0 aromatic heterocycles. The molecule has 1 rings (SSSR count). The fraction of sp³-hybridized carbons (Fsp3) is 1.00. The largest absolute Gasteiger partial charge is 0.313 e. The summed E-state index contributed by atoms with van der Waals surface area (Å²) < 4.78 is 10.9. The van der Waals surface area contributed by atoms with Crippen LogP contribution in [0.1, 0.15) is 32.6 Å². The predicted octanol–water partition coefficient (Wildman–Crippen LogP) is 0.875. The van der Waals surface area contributed by atoms with Gasteiger partial charge in [0, 0.05) is 41.4 Å². The minimum Gasteiger partial charge on any atom is -0.313 e. The molecule has 0 spiro atoms. The van der Waals surface area contributed by atoms with Crippen molar-refractivity contribution in [3.05, 3.63) is 0 Å². The number of rotatable bonds is 6. The molecule has 0 aromatic carbocycles. The van der Waals surface area contributed by atoms with Gasteiger partial charge in [0.15, 0.2) is 0 Å². The molecule has 0 bridgehead atoms. The average Bonchev–Trinajstić information content (AvgIpc) is 2.25. The van der Waals surface area contributed by atoms with Crippen LogP contribution in [-0.2, 0) is 10.8 Å². The molecule has 3 nitrogen and oxygen atoms in total. The van der Waals surface area contributed by atoms with Crippen molar-refractivity contribution >= 4 is 10.8 Å². The van der Waals surface area contributed by atoms with Gasteiger partial charge in [0.25, 0.3) is 0 Å². The van der Waals surface area contributed by atoms with E-state index in [-0.39, 0.29) is 0 Å². The van der Waals surface area contributed by atoms with E-state index in [9.17, 15) is 4.21 Å². The van der Waals surface area contributed by atoms with Crippen LogP contribution in [0, 0.1) is 0 Å². The molecule has 0 radical (unpaired) electrons. The van der Waals surface area contributed by atoms with Gasteiger partial charge < -0.3 is 10.6 Å². The first-order valence-corrected chi connectivity index (χ1v) is 7.68. The fourth-order valence-corrected chi connectivity index (χ4v) is 2.57. The molecule has 15 heavy (non-hydrogen) atoms. The second kappa shape index (κ2) is 7.36. The Hall–Kier alpha value is 0.0700. The lowest BCUT2D eigenvalue weighted by molar-refractivity contribution is 0.368. The summed E-state index contributed by atoms with van der Waals surface area (Å²) in [6, 6.07) is 1.13. The highest BCUT2D eigenvalue weighted by Gasteiger charge is 2.12. The Morgan fingerprint density at radius 3 is 2.93 bits per heavy atom. The summed E-state index contributed by atoms with van der Waals surface area (Å²) in [5.74, 6) is 0.812. The lowest BCUT2D eigenvalue weighted by Gasteiger charge is -2.25. The highest BCUT2D eigenvalue weighted by molar-refractivity contribution is 7.84. The normalized spacial score (nSPS) is 26.1. The quantitative estimate of drug-likeness (QED) is 0.714. The maximum atomic E-state index is 10.9. The molecule has 3 unspecified atom stereocenters. The van der Waals surface area contributed by atoms with Gasteiger partial charge >= 0.3 is 0 Å². The lowest BCUT2D eigenvalue weighted by Crippen LogP contribution is -2.44. The second-order valence-electron chi connectivity index (χ2n) is 4.52. The maximum absolute atomic E-state index is 10.9. The van der Waals surface area contributed by atoms with Crippen LogP contribution >= 0.6 is 0 Å². The predicted molar refractivity (Wildman–Crippen MR) is 66.7 cm³/mol. The van der Waals surface area contributed by atoms with Crippen molar-refractivity contribution in [3.63, 3.8) is 0 Å². The van der Waals surface area contributed by atoms with Crippen molar-refractivity contribution in [2.45, 2.75) is 44.7 Å². The van der Waals surface area contributed by atoms with Gasteiger partial charge in [-0.05, 0) is 32.7 Å². The number of nitrogens with one attached hydrogen (secondary N) is 2. The van der Waals surface area contributed by atoms with Crippen LogP contribution < -0.4 is 10.6 Å². The standard InChI is InChI=1S/C11H24N2OS/c1-10(6-8-15(2)14)13-9-11-5-3-4-7-12-11/h10-13H,3-9H2,1-2H3. The maximum Gasteiger partial charge on any atom is 0.0246 e. The Kier molecular flexibility index (Phi) is 6.45. The Bertz CT molecular complexity index is 193. The molecular formula is C11H24N2OS. The zero-order valence-electron chi connectivity index (χ0n) is 9.92. The van der Waals surface area contributed by atoms with Crippen molar-refractivity contribution in [2.24, 2.45) is 0 Å². The monoisotopic (exact) mass is 232 g/mol. The van der Waals surface area contributed by atoms with E-state index in [2.05, 4.69) is 17.6 Å². The highest BCUT2D eigenvalue weighted by atomic mass is 32.2. The van der Waals surface area contributed by atoms with E-state index in [1.54, 1.807) is 6.26 Å². The van der Waals surface area contributed by atoms with Gasteiger partial charge in [-0.25, -0.2) is 0 Å². The summed E-state index contributed by atoms with van der Waals surface area (Å²) in [6.07, 6.45) is 6.75. The van der Waals surface area contributed by atoms with Crippen LogP contribution in [0.15, 0.2) is 0 Å². The molecule has 1 saturated heterocycles. The topological polar surface area (TPSA) is 41.1 Å². The molecule has 1 fully saturated rings. The summed E-state index contributed by atoms with van der Waals surface area (Å²) in [5, 5.41) is 7.03. The Balaban J connectivity index is 2.04. The third-order valence-electron chi connectivity index (χ3n) is 2.96. The van der Waals surface area contributed by atoms with Crippen LogP contribution in [0.25, 0.3) is 0 Å². The third kappa shape index (κ3) is 6.28. The van der Waals surface area contributed by atoms with Crippen LogP contribution in [0.2, 0.25) is 0 Å². The van der Waals surface area contributed by atoms with Crippen molar-refractivity contribution in [1.29, 1.82) is 0 Å². The van der Waals surface area contributed by atoms with Gasteiger partial charge in [-0.1, -0.05) is 6.42 Å². The van der Waals surface area contributed by atoms with Gasteiger partial charge in [0.1, 0.15) is 0 Å². The Morgan fingerprint density at radius 2 is 2.33 bits per heavy atom. The Morgan fingerprint density at radius 1 is 1.53 bits per heavy atom. The summed E-state index contributed by atoms with van der Waals surface area (Å²) >= 11 is 0. The molecule has 1 heterocycles. The van der Waals surface area contributed by atoms with E-state index >= 15 is 0 Å². The van der Waals surface area contributed by atoms with Crippen molar-refractivity contribution in [1.82, 2.24) is 10.6 Å². The van der Waals surface area contributed by atoms with Gasteiger partial charge in [-0.3, -0.25) is 4.21 Å². The van der Waals surface area contributed by atoms with Gasteiger partial charge in [-0.2, -0.15) is 0 Å². The SMILES string of the molecule is CC(CCS(C)=O)NCC1CCCCN1. The van der Waals surface area contributed by atoms with E-state index in [1.807, 2.05) is 0 Å². The van der Waals surface area contributed by atoms with Crippen molar-refractivity contribution in [2.75, 3.05) is 25.1 Å². The molecule has 90 valence electrons. The first-order chi connectivity index (χ1) is 7.18. The van der Waals surface area contributed by atoms with Crippen molar-refractivity contribution in [3.8, 4) is 0 Å². The molecule has 0 amide bonds. The van der Waals surface area contributed by atoms with Crippen LogP contribution in [0.5, 0.6) is 0 Å². The number of hydrogen-bond acceptors (Lipinski definition) is 3. The van der Waals surface area contributed by atoms with Crippen molar-refractivity contribution < 1.29 is 4.21 Å². The zero-order chi connectivity index (χ0) is 11.1. The molecular weight excluding hydrogens is 208 g/mol. The molecule has 0 aliphatic carbocycles. The summed E-state index contributed by atoms with van der Waals surface area (Å²) in [5.41, 5.74) is 0. The zero-order valence-corrected chi connectivity index (χ0v) is 10.7. The highest BCUT2D eigenvalue weighted by Crippen LogP contribution is 2.06. The van der Waals surface area contributed by atoms with E-state index < -0.39 is 10.8 Å². The van der Waals surface area contributed by atoms with E-state index in [4.69, 9.17) is 0 Å². The van der Waals surface area contributed by atoms with Gasteiger partial charge in [0.2, 0.25) is 0 Å². The van der Waals surface area contributed by atoms with Gasteiger partial charge in [0.05, 0.1) is 0 Å². The molecule has 0 aromatic rings. The minimum absolute atomic E-state index is 0.484. The Labute approximate surface area is 95.9 Å². The minimum atomic E-state index is -0.650. The summed E-state index contributed by atoms with van der Waals surface area (Å²) in [7, 11) is -0.650. The molecule has 1 aliphatic rings. The van der Waals surface area contributed by atoms with E-state index in [0.717, 1.165) is 18.7 Å². The summed E-state index contributed by atoms with van der Waals surface area (Å²) in [4.78, 5) is 0. The van der Waals surface area contributed by atoms with E-state index in [0.29, 0.717) is 12.1 Å². The molecule has 2 N–H and O–H groups in total. The molecule has 3 atom stereocenters. The van der Waals surface area contributed by atoms with Gasteiger partial charge in [-0.15, -0.1) is 0 Å². The van der Waals surface area contributed by atoms with Crippen LogP contribution in [-0.4, -0.2) is 41.4 Å². The first kappa shape index (κ1) is 13.1. The average molecular weight is 232 g/mol. The molecule has 4 heteroatoms. The van der Waals surface area contributed by atoms with Crippen LogP contribution in [0.4, 0.5) is 0 Å².